The van der Waals surface area contributed by atoms with E-state index in [9.17, 15) is 8.42 Å². The third kappa shape index (κ3) is 4.52. The first kappa shape index (κ1) is 24.8. The minimum absolute atomic E-state index is 0.219. The maximum absolute atomic E-state index is 15.1. The largest absolute Gasteiger partial charge is 0.368 e. The lowest BCUT2D eigenvalue weighted by molar-refractivity contribution is -0.00270. The minimum Gasteiger partial charge on any atom is -0.368 e. The summed E-state index contributed by atoms with van der Waals surface area (Å²) in [6.45, 7) is 3.97. The quantitative estimate of drug-likeness (QED) is 0.495. The Morgan fingerprint density at radius 2 is 1.87 bits per heavy atom. The van der Waals surface area contributed by atoms with Crippen LogP contribution in [0, 0.1) is 11.2 Å². The van der Waals surface area contributed by atoms with Gasteiger partial charge < -0.3 is 15.1 Å². The monoisotopic (exact) mass is 534 g/mol. The average molecular weight is 535 g/mol. The van der Waals surface area contributed by atoms with Crippen LogP contribution in [0.1, 0.15) is 22.6 Å². The van der Waals surface area contributed by atoms with Crippen LogP contribution in [-0.4, -0.2) is 69.8 Å². The summed E-state index contributed by atoms with van der Waals surface area (Å²) in [5.74, 6) is 0.960. The average Bonchev–Trinajstić information content (AvgIpc) is 3.29. The highest BCUT2D eigenvalue weighted by Gasteiger charge is 2.50. The van der Waals surface area contributed by atoms with Gasteiger partial charge in [0.25, 0.3) is 0 Å². The van der Waals surface area contributed by atoms with Crippen molar-refractivity contribution in [1.82, 2.24) is 14.9 Å². The molecule has 0 unspecified atom stereocenters. The molecule has 6 rings (SSSR count). The van der Waals surface area contributed by atoms with E-state index in [4.69, 9.17) is 9.97 Å². The molecule has 2 aliphatic heterocycles. The van der Waals surface area contributed by atoms with Gasteiger partial charge in [-0.3, -0.25) is 4.31 Å². The van der Waals surface area contributed by atoms with Gasteiger partial charge in [-0.15, -0.1) is 0 Å². The van der Waals surface area contributed by atoms with Gasteiger partial charge in [-0.25, -0.2) is 22.8 Å². The van der Waals surface area contributed by atoms with E-state index in [0.29, 0.717) is 47.0 Å². The van der Waals surface area contributed by atoms with E-state index in [-0.39, 0.29) is 5.82 Å². The Kier molecular flexibility index (Phi) is 5.92. The van der Waals surface area contributed by atoms with Gasteiger partial charge in [0.05, 0.1) is 29.0 Å². The van der Waals surface area contributed by atoms with E-state index in [1.165, 1.54) is 17.6 Å². The van der Waals surface area contributed by atoms with Crippen molar-refractivity contribution in [1.29, 1.82) is 0 Å². The van der Waals surface area contributed by atoms with Crippen molar-refractivity contribution in [2.75, 3.05) is 61.1 Å². The molecule has 1 aliphatic carbocycles. The maximum Gasteiger partial charge on any atom is 0.232 e. The molecule has 1 aromatic heterocycles. The topological polar surface area (TPSA) is 81.7 Å². The van der Waals surface area contributed by atoms with Crippen LogP contribution in [0.15, 0.2) is 48.5 Å². The molecule has 0 radical (unpaired) electrons. The van der Waals surface area contributed by atoms with E-state index in [0.717, 1.165) is 43.0 Å². The standard InChI is InChI=1S/C28H31FN6O2S/c1-33-15-28(16-33)17-35(18-28)24-12-11-19(13-21(24)29)14-26-30-22-9-6-7-20(22)27(32-26)31-23-8-4-5-10-25(23)34(2)38(3,36)37/h4-8,10-13H,9,14-18H2,1-3H3,(H,30,31,32). The molecule has 1 spiro atoms. The Hall–Kier alpha value is -3.50. The third-order valence-electron chi connectivity index (χ3n) is 7.64. The van der Waals surface area contributed by atoms with Crippen LogP contribution in [0.3, 0.4) is 0 Å². The number of para-hydroxylation sites is 2. The molecule has 3 aliphatic rings. The second kappa shape index (κ2) is 9.06. The number of hydrogen-bond donors (Lipinski definition) is 1. The van der Waals surface area contributed by atoms with Crippen LogP contribution in [0.25, 0.3) is 6.08 Å². The zero-order valence-corrected chi connectivity index (χ0v) is 22.6. The van der Waals surface area contributed by atoms with Gasteiger partial charge >= 0.3 is 0 Å². The SMILES string of the molecule is CN1CC2(C1)CN(c1ccc(Cc3nc4c(c(Nc5ccccc5N(C)S(C)(=O)=O)n3)C=CC4)cc1F)C2. The number of nitrogens with zero attached hydrogens (tertiary/aromatic N) is 5. The van der Waals surface area contributed by atoms with Gasteiger partial charge in [0.2, 0.25) is 10.0 Å². The molecule has 0 saturated carbocycles. The van der Waals surface area contributed by atoms with Crippen molar-refractivity contribution < 1.29 is 12.8 Å². The van der Waals surface area contributed by atoms with Gasteiger partial charge in [-0.05, 0) is 36.9 Å². The Bertz CT molecular complexity index is 1540. The number of anilines is 4. The highest BCUT2D eigenvalue weighted by molar-refractivity contribution is 7.92. The Morgan fingerprint density at radius 3 is 2.58 bits per heavy atom. The van der Waals surface area contributed by atoms with E-state index >= 15 is 4.39 Å². The molecule has 2 saturated heterocycles. The molecule has 10 heteroatoms. The molecule has 0 bridgehead atoms. The number of likely N-dealkylation sites (tertiary alicyclic amines) is 1. The van der Waals surface area contributed by atoms with Crippen molar-refractivity contribution in [3.63, 3.8) is 0 Å². The summed E-state index contributed by atoms with van der Waals surface area (Å²) in [6, 6.07) is 12.6. The number of nitrogens with one attached hydrogen (secondary N) is 1. The summed E-state index contributed by atoms with van der Waals surface area (Å²) < 4.78 is 40.7. The van der Waals surface area contributed by atoms with Gasteiger partial charge in [0.1, 0.15) is 17.5 Å². The second-order valence-corrected chi connectivity index (χ2v) is 12.8. The molecule has 2 fully saturated rings. The fourth-order valence-electron chi connectivity index (χ4n) is 5.85. The summed E-state index contributed by atoms with van der Waals surface area (Å²) in [7, 11) is 0.197. The summed E-state index contributed by atoms with van der Waals surface area (Å²) in [5.41, 5.74) is 4.70. The van der Waals surface area contributed by atoms with Crippen LogP contribution < -0.4 is 14.5 Å². The lowest BCUT2D eigenvalue weighted by Crippen LogP contribution is -2.71. The molecule has 8 nitrogen and oxygen atoms in total. The fraction of sp³-hybridized carbons (Fsp3) is 0.357. The molecule has 198 valence electrons. The zero-order chi connectivity index (χ0) is 26.7. The minimum atomic E-state index is -3.44. The number of fused-ring (bicyclic) bond motifs is 1. The lowest BCUT2D eigenvalue weighted by Gasteiger charge is -2.60. The summed E-state index contributed by atoms with van der Waals surface area (Å²) >= 11 is 0. The first-order valence-electron chi connectivity index (χ1n) is 12.7. The molecule has 3 heterocycles. The summed E-state index contributed by atoms with van der Waals surface area (Å²) in [4.78, 5) is 13.9. The van der Waals surface area contributed by atoms with Crippen LogP contribution in [0.2, 0.25) is 0 Å². The molecule has 1 N–H and O–H groups in total. The number of benzene rings is 2. The smallest absolute Gasteiger partial charge is 0.232 e. The van der Waals surface area contributed by atoms with E-state index < -0.39 is 10.0 Å². The normalized spacial score (nSPS) is 17.7. The van der Waals surface area contributed by atoms with Gasteiger partial charge in [-0.2, -0.15) is 0 Å². The molecular formula is C28H31FN6O2S. The van der Waals surface area contributed by atoms with Crippen molar-refractivity contribution in [3.8, 4) is 0 Å². The van der Waals surface area contributed by atoms with E-state index in [2.05, 4.69) is 22.2 Å². The second-order valence-electron chi connectivity index (χ2n) is 10.8. The van der Waals surface area contributed by atoms with Gasteiger partial charge in [-0.1, -0.05) is 30.4 Å². The van der Waals surface area contributed by atoms with Crippen LogP contribution in [0.5, 0.6) is 0 Å². The maximum atomic E-state index is 15.1. The number of hydrogen-bond acceptors (Lipinski definition) is 7. The number of rotatable bonds is 7. The molecule has 0 atom stereocenters. The van der Waals surface area contributed by atoms with E-state index in [1.54, 1.807) is 18.2 Å². The first-order valence-corrected chi connectivity index (χ1v) is 14.5. The predicted molar refractivity (Wildman–Crippen MR) is 149 cm³/mol. The number of aromatic nitrogens is 2. The predicted octanol–water partition coefficient (Wildman–Crippen LogP) is 3.67. The highest BCUT2D eigenvalue weighted by atomic mass is 32.2. The zero-order valence-electron chi connectivity index (χ0n) is 21.8. The van der Waals surface area contributed by atoms with Crippen LogP contribution >= 0.6 is 0 Å². The lowest BCUT2D eigenvalue weighted by atomic mass is 9.73. The Morgan fingerprint density at radius 1 is 1.11 bits per heavy atom. The van der Waals surface area contributed by atoms with Crippen molar-refractivity contribution in [3.05, 3.63) is 77.0 Å². The van der Waals surface area contributed by atoms with Crippen molar-refractivity contribution in [2.45, 2.75) is 12.8 Å². The number of sulfonamides is 1. The Balaban J connectivity index is 1.24. The number of halogens is 1. The first-order chi connectivity index (χ1) is 18.1. The molecule has 3 aromatic rings. The van der Waals surface area contributed by atoms with Gasteiger partial charge in [0.15, 0.2) is 0 Å². The van der Waals surface area contributed by atoms with Crippen LogP contribution in [0.4, 0.5) is 27.3 Å². The highest BCUT2D eigenvalue weighted by Crippen LogP contribution is 2.42. The molecule has 38 heavy (non-hydrogen) atoms. The Labute approximate surface area is 222 Å². The third-order valence-corrected chi connectivity index (χ3v) is 8.83. The van der Waals surface area contributed by atoms with Crippen LogP contribution in [-0.2, 0) is 22.9 Å². The molecular weight excluding hydrogens is 503 g/mol. The van der Waals surface area contributed by atoms with Crippen molar-refractivity contribution >= 4 is 39.0 Å². The molecule has 2 aromatic carbocycles. The van der Waals surface area contributed by atoms with Crippen molar-refractivity contribution in [2.24, 2.45) is 5.41 Å². The van der Waals surface area contributed by atoms with Gasteiger partial charge in [0, 0.05) is 57.0 Å². The number of allylic oxidation sites excluding steroid dienone is 1. The van der Waals surface area contributed by atoms with E-state index in [1.807, 2.05) is 36.4 Å². The molecule has 0 amide bonds. The fourth-order valence-corrected chi connectivity index (χ4v) is 6.37. The summed E-state index contributed by atoms with van der Waals surface area (Å²) in [6.07, 6.45) is 6.24. The summed E-state index contributed by atoms with van der Waals surface area (Å²) in [5, 5.41) is 3.33.